The Labute approximate surface area is 419 Å². The summed E-state index contributed by atoms with van der Waals surface area (Å²) in [5.74, 6) is 0. The molecular weight excluding hydrogens is 871 g/mol. The van der Waals surface area contributed by atoms with E-state index >= 15 is 0 Å². The first-order valence-electron chi connectivity index (χ1n) is 24.8. The minimum absolute atomic E-state index is 0.792. The summed E-state index contributed by atoms with van der Waals surface area (Å²) in [7, 11) is 0. The molecular formula is C69H47N3. The zero-order valence-electron chi connectivity index (χ0n) is 39.5. The Hall–Kier alpha value is -9.44. The van der Waals surface area contributed by atoms with Crippen LogP contribution in [-0.2, 0) is 5.54 Å². The molecule has 1 aliphatic rings. The van der Waals surface area contributed by atoms with Crippen LogP contribution in [0.3, 0.4) is 0 Å². The number of hydrogen-bond donors (Lipinski definition) is 0. The van der Waals surface area contributed by atoms with Gasteiger partial charge in [0.2, 0.25) is 0 Å². The summed E-state index contributed by atoms with van der Waals surface area (Å²) in [5, 5.41) is 7.22. The topological polar surface area (TPSA) is 11.4 Å². The van der Waals surface area contributed by atoms with Crippen molar-refractivity contribution in [3.63, 3.8) is 0 Å². The highest BCUT2D eigenvalue weighted by molar-refractivity contribution is 6.11. The summed E-state index contributed by atoms with van der Waals surface area (Å²) in [6, 6.07) is 105. The lowest BCUT2D eigenvalue weighted by molar-refractivity contribution is 0.644. The predicted molar refractivity (Wildman–Crippen MR) is 303 cm³/mol. The molecule has 3 heteroatoms. The Kier molecular flexibility index (Phi) is 9.75. The molecule has 338 valence electrons. The third-order valence-electron chi connectivity index (χ3n) is 14.9. The van der Waals surface area contributed by atoms with E-state index in [0.29, 0.717) is 0 Å². The third kappa shape index (κ3) is 6.52. The van der Waals surface area contributed by atoms with Crippen molar-refractivity contribution >= 4 is 71.8 Å². The van der Waals surface area contributed by atoms with Gasteiger partial charge in [-0.3, -0.25) is 0 Å². The normalized spacial score (nSPS) is 13.9. The van der Waals surface area contributed by atoms with Crippen molar-refractivity contribution in [1.29, 1.82) is 0 Å². The van der Waals surface area contributed by atoms with Crippen molar-refractivity contribution in [2.24, 2.45) is 0 Å². The highest BCUT2D eigenvalue weighted by Crippen LogP contribution is 2.59. The molecule has 13 aromatic rings. The van der Waals surface area contributed by atoms with E-state index in [2.05, 4.69) is 299 Å². The van der Waals surface area contributed by atoms with E-state index in [1.165, 1.54) is 76.8 Å². The first kappa shape index (κ1) is 41.5. The molecule has 0 fully saturated rings. The van der Waals surface area contributed by atoms with Crippen molar-refractivity contribution in [3.05, 3.63) is 302 Å². The van der Waals surface area contributed by atoms with Crippen LogP contribution in [0, 0.1) is 0 Å². The number of aromatic nitrogens is 1. The van der Waals surface area contributed by atoms with E-state index in [1.807, 2.05) is 0 Å². The summed E-state index contributed by atoms with van der Waals surface area (Å²) in [4.78, 5) is 5.07. The number of para-hydroxylation sites is 3. The van der Waals surface area contributed by atoms with Gasteiger partial charge in [-0.1, -0.05) is 212 Å². The summed E-state index contributed by atoms with van der Waals surface area (Å²) in [6.07, 6.45) is 0. The van der Waals surface area contributed by atoms with E-state index in [9.17, 15) is 0 Å². The van der Waals surface area contributed by atoms with Crippen molar-refractivity contribution in [3.8, 4) is 27.9 Å². The summed E-state index contributed by atoms with van der Waals surface area (Å²) >= 11 is 0. The highest BCUT2D eigenvalue weighted by Gasteiger charge is 2.50. The minimum Gasteiger partial charge on any atom is -0.323 e. The van der Waals surface area contributed by atoms with Crippen LogP contribution >= 0.6 is 0 Å². The van der Waals surface area contributed by atoms with Crippen LogP contribution in [-0.4, -0.2) is 4.57 Å². The van der Waals surface area contributed by atoms with Crippen LogP contribution < -0.4 is 9.80 Å². The Morgan fingerprint density at radius 3 is 1.57 bits per heavy atom. The Bertz CT molecular complexity index is 4180. The van der Waals surface area contributed by atoms with Gasteiger partial charge in [0.15, 0.2) is 0 Å². The number of hydrogen-bond acceptors (Lipinski definition) is 2. The molecule has 0 radical (unpaired) electrons. The SMILES string of the molecule is c1ccc(-c2ccccc2-n2c3ccccc3c3ccc(N(c4ccc5c(c4)C(c4ccccc4)(N(c4ccccc4)c4ccc6ccccc6c4)c4ccccc4-5)c4ccc5ccccc5c4)cc32)cc1. The third-order valence-corrected chi connectivity index (χ3v) is 14.9. The molecule has 0 spiro atoms. The van der Waals surface area contributed by atoms with E-state index < -0.39 is 5.54 Å². The van der Waals surface area contributed by atoms with Crippen LogP contribution in [0.25, 0.3) is 71.3 Å². The molecule has 0 saturated carbocycles. The van der Waals surface area contributed by atoms with Gasteiger partial charge in [0, 0.05) is 44.8 Å². The van der Waals surface area contributed by atoms with Gasteiger partial charge in [-0.25, -0.2) is 0 Å². The lowest BCUT2D eigenvalue weighted by Crippen LogP contribution is -2.44. The quantitative estimate of drug-likeness (QED) is 0.143. The summed E-state index contributed by atoms with van der Waals surface area (Å²) < 4.78 is 2.47. The lowest BCUT2D eigenvalue weighted by Gasteiger charge is -2.45. The molecule has 1 aromatic heterocycles. The van der Waals surface area contributed by atoms with Crippen molar-refractivity contribution in [2.75, 3.05) is 9.80 Å². The maximum absolute atomic E-state index is 2.60. The molecule has 0 aliphatic heterocycles. The number of rotatable bonds is 9. The van der Waals surface area contributed by atoms with Crippen molar-refractivity contribution in [1.82, 2.24) is 4.57 Å². The fraction of sp³-hybridized carbons (Fsp3) is 0.0145. The fourth-order valence-corrected chi connectivity index (χ4v) is 11.8. The fourth-order valence-electron chi connectivity index (χ4n) is 11.8. The Morgan fingerprint density at radius 2 is 0.806 bits per heavy atom. The first-order chi connectivity index (χ1) is 35.7. The number of anilines is 5. The minimum atomic E-state index is -0.792. The Morgan fingerprint density at radius 1 is 0.292 bits per heavy atom. The summed E-state index contributed by atoms with van der Waals surface area (Å²) in [6.45, 7) is 0. The molecule has 1 aliphatic carbocycles. The average Bonchev–Trinajstić information content (AvgIpc) is 3.94. The smallest absolute Gasteiger partial charge is 0.122 e. The lowest BCUT2D eigenvalue weighted by atomic mass is 9.78. The zero-order chi connectivity index (χ0) is 47.6. The number of nitrogens with zero attached hydrogens (tertiary/aromatic N) is 3. The van der Waals surface area contributed by atoms with E-state index in [4.69, 9.17) is 0 Å². The monoisotopic (exact) mass is 917 g/mol. The molecule has 0 saturated heterocycles. The predicted octanol–water partition coefficient (Wildman–Crippen LogP) is 18.3. The van der Waals surface area contributed by atoms with Crippen LogP contribution in [0.5, 0.6) is 0 Å². The van der Waals surface area contributed by atoms with Gasteiger partial charge in [-0.15, -0.1) is 0 Å². The number of benzene rings is 12. The second-order valence-corrected chi connectivity index (χ2v) is 18.9. The molecule has 14 rings (SSSR count). The van der Waals surface area contributed by atoms with Crippen LogP contribution in [0.15, 0.2) is 285 Å². The van der Waals surface area contributed by atoms with Crippen LogP contribution in [0.1, 0.15) is 16.7 Å². The molecule has 0 N–H and O–H groups in total. The summed E-state index contributed by atoms with van der Waals surface area (Å²) in [5.41, 5.74) is 16.5. The van der Waals surface area contributed by atoms with E-state index in [0.717, 1.165) is 39.6 Å². The van der Waals surface area contributed by atoms with Crippen molar-refractivity contribution in [2.45, 2.75) is 5.54 Å². The molecule has 0 bridgehead atoms. The van der Waals surface area contributed by atoms with E-state index in [1.54, 1.807) is 0 Å². The maximum Gasteiger partial charge on any atom is 0.122 e. The zero-order valence-corrected chi connectivity index (χ0v) is 39.5. The molecule has 12 aromatic carbocycles. The largest absolute Gasteiger partial charge is 0.323 e. The van der Waals surface area contributed by atoms with Gasteiger partial charge >= 0.3 is 0 Å². The second kappa shape index (κ2) is 16.9. The molecule has 3 nitrogen and oxygen atoms in total. The Balaban J connectivity index is 1.06. The first-order valence-corrected chi connectivity index (χ1v) is 24.8. The van der Waals surface area contributed by atoms with Crippen LogP contribution in [0.4, 0.5) is 28.4 Å². The van der Waals surface area contributed by atoms with Gasteiger partial charge in [0.25, 0.3) is 0 Å². The van der Waals surface area contributed by atoms with Gasteiger partial charge in [-0.05, 0) is 128 Å². The molecule has 72 heavy (non-hydrogen) atoms. The molecule has 1 heterocycles. The van der Waals surface area contributed by atoms with E-state index in [-0.39, 0.29) is 0 Å². The van der Waals surface area contributed by atoms with Gasteiger partial charge in [0.05, 0.1) is 16.7 Å². The van der Waals surface area contributed by atoms with Crippen molar-refractivity contribution < 1.29 is 0 Å². The average molecular weight is 918 g/mol. The highest BCUT2D eigenvalue weighted by atomic mass is 15.2. The molecule has 0 amide bonds. The number of fused-ring (bicyclic) bond motifs is 8. The molecule has 1 atom stereocenters. The standard InChI is InChI=1S/C69H47N3/c1-4-22-50(23-5-1)59-30-15-18-34-66(59)71-67-35-19-16-32-62(67)63-43-41-57(47-68(63)71)70(55-38-36-48-20-10-12-24-51(48)44-55)56-40-42-61-60-31-14-17-33-64(60)69(65(61)46-56,53-26-6-2-7-27-53)72(54-28-8-3-9-29-54)58-39-37-49-21-11-13-25-52(49)45-58/h1-47H. The second-order valence-electron chi connectivity index (χ2n) is 18.9. The molecule has 1 unspecified atom stereocenters. The van der Waals surface area contributed by atoms with Gasteiger partial charge in [-0.2, -0.15) is 0 Å². The van der Waals surface area contributed by atoms with Gasteiger partial charge < -0.3 is 14.4 Å². The van der Waals surface area contributed by atoms with Crippen LogP contribution in [0.2, 0.25) is 0 Å². The van der Waals surface area contributed by atoms with Gasteiger partial charge in [0.1, 0.15) is 5.54 Å². The maximum atomic E-state index is 2.60.